The van der Waals surface area contributed by atoms with Gasteiger partial charge in [-0.15, -0.1) is 0 Å². The molecule has 12 unspecified atom stereocenters. The molecule has 2 heterocycles. The molecule has 0 saturated carbocycles. The zero-order valence-electron chi connectivity index (χ0n) is 37.4. The van der Waals surface area contributed by atoms with Gasteiger partial charge in [-0.05, 0) is 51.4 Å². The summed E-state index contributed by atoms with van der Waals surface area (Å²) in [5.41, 5.74) is 0. The number of amides is 1. The lowest BCUT2D eigenvalue weighted by Gasteiger charge is -2.46. The molecule has 2 aliphatic rings. The molecular weight excluding hydrogens is 787 g/mol. The number of rotatable bonds is 35. The van der Waals surface area contributed by atoms with Gasteiger partial charge in [0.25, 0.3) is 0 Å². The fraction of sp³-hybridized carbons (Fsp3) is 0.851. The molecule has 2 saturated heterocycles. The highest BCUT2D eigenvalue weighted by molar-refractivity contribution is 5.76. The number of carbonyl (C=O) groups excluding carboxylic acids is 1. The lowest BCUT2D eigenvalue weighted by Crippen LogP contribution is -2.65. The van der Waals surface area contributed by atoms with E-state index >= 15 is 0 Å². The second-order valence-corrected chi connectivity index (χ2v) is 16.9. The highest BCUT2D eigenvalue weighted by Gasteiger charge is 2.50. The van der Waals surface area contributed by atoms with Crippen LogP contribution >= 0.6 is 0 Å². The number of unbranched alkanes of at least 4 members (excludes halogenated alkanes) is 18. The fourth-order valence-electron chi connectivity index (χ4n) is 7.61. The van der Waals surface area contributed by atoms with Gasteiger partial charge in [-0.3, -0.25) is 4.79 Å². The third-order valence-corrected chi connectivity index (χ3v) is 11.6. The lowest BCUT2D eigenvalue weighted by molar-refractivity contribution is -0.359. The minimum absolute atomic E-state index is 0.252. The second kappa shape index (κ2) is 34.6. The molecule has 14 nitrogen and oxygen atoms in total. The Morgan fingerprint density at radius 1 is 0.590 bits per heavy atom. The minimum Gasteiger partial charge on any atom is -0.394 e. The first-order valence-corrected chi connectivity index (χ1v) is 23.7. The van der Waals surface area contributed by atoms with Gasteiger partial charge in [0.2, 0.25) is 5.91 Å². The molecular formula is C47H85NO13. The Balaban J connectivity index is 1.76. The van der Waals surface area contributed by atoms with Crippen molar-refractivity contribution in [1.82, 2.24) is 5.32 Å². The first-order chi connectivity index (χ1) is 29.6. The normalized spacial score (nSPS) is 28.3. The van der Waals surface area contributed by atoms with Gasteiger partial charge in [-0.2, -0.15) is 0 Å². The predicted octanol–water partition coefficient (Wildman–Crippen LogP) is 5.15. The molecule has 356 valence electrons. The lowest BCUT2D eigenvalue weighted by atomic mass is 9.97. The maximum absolute atomic E-state index is 13.1. The maximum Gasteiger partial charge on any atom is 0.220 e. The summed E-state index contributed by atoms with van der Waals surface area (Å²) in [4.78, 5) is 13.1. The van der Waals surface area contributed by atoms with E-state index in [-0.39, 0.29) is 18.9 Å². The largest absolute Gasteiger partial charge is 0.394 e. The van der Waals surface area contributed by atoms with Crippen molar-refractivity contribution in [2.45, 2.75) is 235 Å². The van der Waals surface area contributed by atoms with Gasteiger partial charge in [0, 0.05) is 6.42 Å². The summed E-state index contributed by atoms with van der Waals surface area (Å²) in [6.07, 6.45) is 20.9. The number of hydrogen-bond acceptors (Lipinski definition) is 13. The monoisotopic (exact) mass is 872 g/mol. The minimum atomic E-state index is -1.79. The molecule has 9 N–H and O–H groups in total. The van der Waals surface area contributed by atoms with Crippen molar-refractivity contribution < 1.29 is 64.6 Å². The van der Waals surface area contributed by atoms with E-state index in [1.807, 2.05) is 6.08 Å². The molecule has 0 aromatic heterocycles. The molecule has 12 atom stereocenters. The number of ether oxygens (including phenoxy) is 4. The molecule has 0 aliphatic carbocycles. The van der Waals surface area contributed by atoms with Crippen molar-refractivity contribution in [1.29, 1.82) is 0 Å². The van der Waals surface area contributed by atoms with Crippen LogP contribution in [0.15, 0.2) is 36.5 Å². The van der Waals surface area contributed by atoms with Crippen molar-refractivity contribution in [2.75, 3.05) is 19.8 Å². The average molecular weight is 872 g/mol. The highest BCUT2D eigenvalue weighted by atomic mass is 16.7. The molecule has 0 radical (unpaired) electrons. The van der Waals surface area contributed by atoms with E-state index in [0.717, 1.165) is 64.2 Å². The Kier molecular flexibility index (Phi) is 31.4. The summed E-state index contributed by atoms with van der Waals surface area (Å²) in [5.74, 6) is -0.252. The number of hydrogen-bond donors (Lipinski definition) is 9. The van der Waals surface area contributed by atoms with Crippen LogP contribution in [0.1, 0.15) is 162 Å². The molecule has 0 aromatic rings. The molecule has 1 amide bonds. The van der Waals surface area contributed by atoms with Gasteiger partial charge in [-0.1, -0.05) is 140 Å². The zero-order valence-corrected chi connectivity index (χ0v) is 37.4. The molecule has 61 heavy (non-hydrogen) atoms. The molecule has 2 aliphatic heterocycles. The zero-order chi connectivity index (χ0) is 44.7. The Bertz CT molecular complexity index is 1170. The van der Waals surface area contributed by atoms with E-state index in [4.69, 9.17) is 18.9 Å². The Labute approximate surface area is 366 Å². The molecule has 0 bridgehead atoms. The van der Waals surface area contributed by atoms with E-state index in [0.29, 0.717) is 6.42 Å². The molecule has 0 aromatic carbocycles. The van der Waals surface area contributed by atoms with E-state index in [9.17, 15) is 45.6 Å². The predicted molar refractivity (Wildman–Crippen MR) is 235 cm³/mol. The van der Waals surface area contributed by atoms with Crippen molar-refractivity contribution in [3.8, 4) is 0 Å². The fourth-order valence-corrected chi connectivity index (χ4v) is 7.61. The molecule has 0 spiro atoms. The van der Waals surface area contributed by atoms with Crippen LogP contribution in [0.25, 0.3) is 0 Å². The molecule has 2 fully saturated rings. The summed E-state index contributed by atoms with van der Waals surface area (Å²) in [7, 11) is 0. The van der Waals surface area contributed by atoms with E-state index in [2.05, 4.69) is 43.5 Å². The molecule has 14 heteroatoms. The average Bonchev–Trinajstić information content (AvgIpc) is 3.26. The summed E-state index contributed by atoms with van der Waals surface area (Å²) in [6.45, 7) is 2.66. The Morgan fingerprint density at radius 2 is 1.08 bits per heavy atom. The summed E-state index contributed by atoms with van der Waals surface area (Å²) in [6, 6.07) is -0.912. The third kappa shape index (κ3) is 22.6. The number of carbonyl (C=O) groups is 1. The summed E-state index contributed by atoms with van der Waals surface area (Å²) >= 11 is 0. The maximum atomic E-state index is 13.1. The van der Waals surface area contributed by atoms with Crippen LogP contribution in [0.2, 0.25) is 0 Å². The van der Waals surface area contributed by atoms with Gasteiger partial charge in [0.1, 0.15) is 48.8 Å². The van der Waals surface area contributed by atoms with E-state index in [1.54, 1.807) is 6.08 Å². The van der Waals surface area contributed by atoms with Gasteiger partial charge in [0.05, 0.1) is 32.0 Å². The van der Waals surface area contributed by atoms with Gasteiger partial charge in [0.15, 0.2) is 12.6 Å². The second-order valence-electron chi connectivity index (χ2n) is 16.9. The van der Waals surface area contributed by atoms with Crippen molar-refractivity contribution >= 4 is 5.91 Å². The number of aliphatic hydroxyl groups excluding tert-OH is 8. The topological polar surface area (TPSA) is 228 Å². The van der Waals surface area contributed by atoms with Crippen LogP contribution in [0.3, 0.4) is 0 Å². The quantitative estimate of drug-likeness (QED) is 0.0297. The first kappa shape index (κ1) is 55.3. The van der Waals surface area contributed by atoms with Crippen molar-refractivity contribution in [3.05, 3.63) is 36.5 Å². The van der Waals surface area contributed by atoms with E-state index in [1.165, 1.54) is 70.6 Å². The van der Waals surface area contributed by atoms with Gasteiger partial charge >= 0.3 is 0 Å². The Hall–Kier alpha value is -1.79. The van der Waals surface area contributed by atoms with E-state index < -0.39 is 86.8 Å². The summed E-state index contributed by atoms with van der Waals surface area (Å²) in [5, 5.41) is 86.2. The number of nitrogens with one attached hydrogen (secondary N) is 1. The van der Waals surface area contributed by atoms with Crippen LogP contribution < -0.4 is 5.32 Å². The van der Waals surface area contributed by atoms with Crippen LogP contribution in [0.4, 0.5) is 0 Å². The van der Waals surface area contributed by atoms with Crippen LogP contribution in [-0.2, 0) is 23.7 Å². The third-order valence-electron chi connectivity index (χ3n) is 11.6. The van der Waals surface area contributed by atoms with Crippen LogP contribution in [0.5, 0.6) is 0 Å². The van der Waals surface area contributed by atoms with Gasteiger partial charge in [-0.25, -0.2) is 0 Å². The SMILES string of the molecule is CCCCCC/C=C/C(O)C(COC1OC(CO)C(OC2OC(CO)C(O)C(O)C2O)C(O)C1O)NC(=O)CCCCCCCCCCC/C=C\C/C=C\CCCCCCC. The molecule has 2 rings (SSSR count). The van der Waals surface area contributed by atoms with Crippen molar-refractivity contribution in [3.63, 3.8) is 0 Å². The van der Waals surface area contributed by atoms with Crippen molar-refractivity contribution in [2.24, 2.45) is 0 Å². The number of aliphatic hydroxyl groups is 8. The number of allylic oxidation sites excluding steroid dienone is 5. The standard InChI is InChI=1S/C47H85NO13/c1-3-5-7-9-11-12-13-14-15-16-17-18-19-20-21-22-23-24-25-27-29-31-39(52)48-35(36(51)30-28-26-10-8-6-4-2)34-58-46-44(57)42(55)45(38(33-50)60-46)61-47-43(56)41(54)40(53)37(32-49)59-47/h13-14,16-17,28,30,35-38,40-47,49-51,53-57H,3-12,15,18-27,29,31-34H2,1-2H3,(H,48,52)/b14-13-,17-16-,30-28+. The van der Waals surface area contributed by atoms with Crippen LogP contribution in [-0.4, -0.2) is 140 Å². The van der Waals surface area contributed by atoms with Gasteiger partial charge < -0.3 is 65.1 Å². The first-order valence-electron chi connectivity index (χ1n) is 23.7. The highest BCUT2D eigenvalue weighted by Crippen LogP contribution is 2.30. The van der Waals surface area contributed by atoms with Crippen LogP contribution in [0, 0.1) is 0 Å². The Morgan fingerprint density at radius 3 is 1.66 bits per heavy atom. The smallest absolute Gasteiger partial charge is 0.220 e. The summed E-state index contributed by atoms with van der Waals surface area (Å²) < 4.78 is 22.5.